The van der Waals surface area contributed by atoms with Gasteiger partial charge in [0.25, 0.3) is 0 Å². The second-order valence-corrected chi connectivity index (χ2v) is 6.40. The Labute approximate surface area is 113 Å². The van der Waals surface area contributed by atoms with Gasteiger partial charge in [0.2, 0.25) is 10.0 Å². The van der Waals surface area contributed by atoms with E-state index in [0.717, 1.165) is 6.42 Å². The molecule has 0 radical (unpaired) electrons. The summed E-state index contributed by atoms with van der Waals surface area (Å²) in [6.07, 6.45) is 0.720. The second-order valence-electron chi connectivity index (χ2n) is 4.52. The minimum Gasteiger partial charge on any atom is -0.380 e. The minimum atomic E-state index is -3.51. The molecule has 0 bridgehead atoms. The molecule has 2 heterocycles. The van der Waals surface area contributed by atoms with Gasteiger partial charge in [-0.3, -0.25) is 5.10 Å². The molecule has 1 aromatic rings. The highest BCUT2D eigenvalue weighted by atomic mass is 32.2. The number of nitrogens with one attached hydrogen (secondary N) is 2. The molecule has 108 valence electrons. The third-order valence-electron chi connectivity index (χ3n) is 3.08. The highest BCUT2D eigenvalue weighted by molar-refractivity contribution is 7.89. The third kappa shape index (κ3) is 2.97. The topological polar surface area (TPSA) is 87.3 Å². The molecule has 0 aromatic carbocycles. The summed E-state index contributed by atoms with van der Waals surface area (Å²) < 4.78 is 32.2. The number of H-pyrrole nitrogens is 1. The van der Waals surface area contributed by atoms with Crippen LogP contribution in [0.5, 0.6) is 0 Å². The molecule has 0 amide bonds. The largest absolute Gasteiger partial charge is 0.380 e. The zero-order chi connectivity index (χ0) is 13.9. The number of aryl methyl sites for hydroxylation is 1. The molecule has 0 unspecified atom stereocenters. The fourth-order valence-electron chi connectivity index (χ4n) is 2.19. The number of aromatic amines is 1. The molecule has 0 saturated carbocycles. The molecule has 1 aliphatic heterocycles. The maximum absolute atomic E-state index is 12.7. The SMILES string of the molecule is CNCc1n[nH]c(C)c1S(=O)(=O)N1CCCOCC1. The standard InChI is InChI=1S/C11H20N4O3S/c1-9-11(10(8-12-2)14-13-9)19(16,17)15-4-3-6-18-7-5-15/h12H,3-8H2,1-2H3,(H,13,14). The quantitative estimate of drug-likeness (QED) is 0.804. The van der Waals surface area contributed by atoms with E-state index in [4.69, 9.17) is 4.74 Å². The van der Waals surface area contributed by atoms with Crippen molar-refractivity contribution in [2.45, 2.75) is 24.8 Å². The maximum Gasteiger partial charge on any atom is 0.246 e. The molecule has 0 aliphatic carbocycles. The molecule has 1 saturated heterocycles. The third-order valence-corrected chi connectivity index (χ3v) is 5.19. The first-order valence-electron chi connectivity index (χ1n) is 6.33. The minimum absolute atomic E-state index is 0.295. The molecule has 0 spiro atoms. The smallest absolute Gasteiger partial charge is 0.246 e. The average Bonchev–Trinajstić information content (AvgIpc) is 2.60. The Hall–Kier alpha value is -0.960. The van der Waals surface area contributed by atoms with Gasteiger partial charge in [-0.2, -0.15) is 9.40 Å². The molecule has 2 rings (SSSR count). The van der Waals surface area contributed by atoms with Crippen LogP contribution in [0.2, 0.25) is 0 Å². The van der Waals surface area contributed by atoms with Crippen molar-refractivity contribution in [1.29, 1.82) is 0 Å². The maximum atomic E-state index is 12.7. The van der Waals surface area contributed by atoms with Crippen molar-refractivity contribution in [2.75, 3.05) is 33.4 Å². The lowest BCUT2D eigenvalue weighted by Crippen LogP contribution is -2.34. The number of hydrogen-bond acceptors (Lipinski definition) is 5. The van der Waals surface area contributed by atoms with Crippen LogP contribution in [0, 0.1) is 6.92 Å². The zero-order valence-corrected chi connectivity index (χ0v) is 12.1. The van der Waals surface area contributed by atoms with Crippen LogP contribution >= 0.6 is 0 Å². The number of nitrogens with zero attached hydrogens (tertiary/aromatic N) is 2. The molecular weight excluding hydrogens is 268 g/mol. The van der Waals surface area contributed by atoms with Crippen LogP contribution in [-0.4, -0.2) is 56.3 Å². The second kappa shape index (κ2) is 6.00. The van der Waals surface area contributed by atoms with Gasteiger partial charge in [-0.15, -0.1) is 0 Å². The summed E-state index contributed by atoms with van der Waals surface area (Å²) in [5.41, 5.74) is 1.11. The summed E-state index contributed by atoms with van der Waals surface area (Å²) in [6, 6.07) is 0. The Kier molecular flexibility index (Phi) is 4.56. The van der Waals surface area contributed by atoms with Gasteiger partial charge in [-0.05, 0) is 20.4 Å². The van der Waals surface area contributed by atoms with Crippen molar-refractivity contribution in [3.05, 3.63) is 11.4 Å². The highest BCUT2D eigenvalue weighted by Gasteiger charge is 2.30. The summed E-state index contributed by atoms with van der Waals surface area (Å²) >= 11 is 0. The van der Waals surface area contributed by atoms with Gasteiger partial charge < -0.3 is 10.1 Å². The fourth-order valence-corrected chi connectivity index (χ4v) is 3.98. The molecular formula is C11H20N4O3S. The van der Waals surface area contributed by atoms with Crippen LogP contribution in [0.1, 0.15) is 17.8 Å². The van der Waals surface area contributed by atoms with E-state index in [-0.39, 0.29) is 0 Å². The lowest BCUT2D eigenvalue weighted by molar-refractivity contribution is 0.148. The van der Waals surface area contributed by atoms with E-state index in [9.17, 15) is 8.42 Å². The highest BCUT2D eigenvalue weighted by Crippen LogP contribution is 2.23. The number of ether oxygens (including phenoxy) is 1. The predicted octanol–water partition coefficient (Wildman–Crippen LogP) is -0.151. The average molecular weight is 288 g/mol. The van der Waals surface area contributed by atoms with E-state index < -0.39 is 10.0 Å². The number of sulfonamides is 1. The monoisotopic (exact) mass is 288 g/mol. The Morgan fingerprint density at radius 3 is 2.95 bits per heavy atom. The van der Waals surface area contributed by atoms with Crippen molar-refractivity contribution in [3.63, 3.8) is 0 Å². The summed E-state index contributed by atoms with van der Waals surface area (Å²) in [4.78, 5) is 0.295. The van der Waals surface area contributed by atoms with Crippen LogP contribution < -0.4 is 5.32 Å². The van der Waals surface area contributed by atoms with Crippen LogP contribution in [0.15, 0.2) is 4.90 Å². The van der Waals surface area contributed by atoms with E-state index in [0.29, 0.717) is 49.1 Å². The summed E-state index contributed by atoms with van der Waals surface area (Å²) in [5, 5.41) is 9.76. The molecule has 1 aromatic heterocycles. The van der Waals surface area contributed by atoms with Gasteiger partial charge in [-0.25, -0.2) is 8.42 Å². The molecule has 2 N–H and O–H groups in total. The van der Waals surface area contributed by atoms with Crippen molar-refractivity contribution < 1.29 is 13.2 Å². The lowest BCUT2D eigenvalue weighted by atomic mass is 10.4. The first-order valence-corrected chi connectivity index (χ1v) is 7.77. The lowest BCUT2D eigenvalue weighted by Gasteiger charge is -2.19. The molecule has 7 nitrogen and oxygen atoms in total. The van der Waals surface area contributed by atoms with E-state index >= 15 is 0 Å². The summed E-state index contributed by atoms with van der Waals surface area (Å²) in [5.74, 6) is 0. The Bertz CT molecular complexity index is 518. The van der Waals surface area contributed by atoms with Crippen molar-refractivity contribution >= 4 is 10.0 Å². The van der Waals surface area contributed by atoms with Gasteiger partial charge in [0.1, 0.15) is 4.90 Å². The van der Waals surface area contributed by atoms with Gasteiger partial charge in [0, 0.05) is 26.2 Å². The van der Waals surface area contributed by atoms with Crippen molar-refractivity contribution in [2.24, 2.45) is 0 Å². The molecule has 19 heavy (non-hydrogen) atoms. The van der Waals surface area contributed by atoms with Crippen molar-refractivity contribution in [3.8, 4) is 0 Å². The summed E-state index contributed by atoms with van der Waals surface area (Å²) in [7, 11) is -1.74. The van der Waals surface area contributed by atoms with Gasteiger partial charge in [0.15, 0.2) is 0 Å². The van der Waals surface area contributed by atoms with E-state index in [1.165, 1.54) is 4.31 Å². The Morgan fingerprint density at radius 2 is 2.21 bits per heavy atom. The van der Waals surface area contributed by atoms with Gasteiger partial charge in [0.05, 0.1) is 18.0 Å². The van der Waals surface area contributed by atoms with Crippen LogP contribution in [0.4, 0.5) is 0 Å². The number of rotatable bonds is 4. The van der Waals surface area contributed by atoms with Gasteiger partial charge in [-0.1, -0.05) is 0 Å². The zero-order valence-electron chi connectivity index (χ0n) is 11.3. The van der Waals surface area contributed by atoms with Crippen molar-refractivity contribution in [1.82, 2.24) is 19.8 Å². The van der Waals surface area contributed by atoms with E-state index in [1.54, 1.807) is 14.0 Å². The van der Waals surface area contributed by atoms with E-state index in [2.05, 4.69) is 15.5 Å². The normalized spacial score (nSPS) is 18.4. The molecule has 1 aliphatic rings. The Morgan fingerprint density at radius 1 is 1.42 bits per heavy atom. The number of aromatic nitrogens is 2. The molecule has 0 atom stereocenters. The molecule has 8 heteroatoms. The predicted molar refractivity (Wildman–Crippen MR) is 70.3 cm³/mol. The Balaban J connectivity index is 2.35. The first-order chi connectivity index (χ1) is 9.07. The van der Waals surface area contributed by atoms with Crippen LogP contribution in [0.25, 0.3) is 0 Å². The summed E-state index contributed by atoms with van der Waals surface area (Å²) in [6.45, 7) is 4.09. The van der Waals surface area contributed by atoms with Crippen LogP contribution in [0.3, 0.4) is 0 Å². The van der Waals surface area contributed by atoms with Crippen LogP contribution in [-0.2, 0) is 21.3 Å². The molecule has 1 fully saturated rings. The van der Waals surface area contributed by atoms with Gasteiger partial charge >= 0.3 is 0 Å². The number of hydrogen-bond donors (Lipinski definition) is 2. The van der Waals surface area contributed by atoms with E-state index in [1.807, 2.05) is 0 Å². The first kappa shape index (κ1) is 14.4. The fraction of sp³-hybridized carbons (Fsp3) is 0.727.